The molecule has 5 nitrogen and oxygen atoms in total. The van der Waals surface area contributed by atoms with Gasteiger partial charge in [-0.1, -0.05) is 36.4 Å². The van der Waals surface area contributed by atoms with Crippen LogP contribution in [-0.2, 0) is 22.4 Å². The predicted molar refractivity (Wildman–Crippen MR) is 110 cm³/mol. The Labute approximate surface area is 169 Å². The number of fused-ring (bicyclic) bond motifs is 1. The molecule has 1 aliphatic heterocycles. The first-order valence-corrected chi connectivity index (χ1v) is 10.4. The normalized spacial score (nSPS) is 15.8. The lowest BCUT2D eigenvalue weighted by atomic mass is 10.0. The van der Waals surface area contributed by atoms with Gasteiger partial charge >= 0.3 is 5.97 Å². The molecule has 0 radical (unpaired) electrons. The van der Waals surface area contributed by atoms with E-state index in [4.69, 9.17) is 4.74 Å². The number of benzene rings is 2. The van der Waals surface area contributed by atoms with Crippen molar-refractivity contribution in [1.82, 2.24) is 4.90 Å². The second-order valence-electron chi connectivity index (χ2n) is 6.90. The van der Waals surface area contributed by atoms with Crippen LogP contribution in [-0.4, -0.2) is 46.5 Å². The SMILES string of the molecule is CCOC(Cc1ccc(CC(C)N2CSc3ccccc3C2=O)cc1)C(=O)O. The predicted octanol–water partition coefficient (Wildman–Crippen LogP) is 3.86. The van der Waals surface area contributed by atoms with Gasteiger partial charge in [-0.25, -0.2) is 4.79 Å². The van der Waals surface area contributed by atoms with Gasteiger partial charge in [0.25, 0.3) is 5.91 Å². The lowest BCUT2D eigenvalue weighted by Gasteiger charge is -2.33. The van der Waals surface area contributed by atoms with E-state index in [9.17, 15) is 14.7 Å². The zero-order chi connectivity index (χ0) is 20.1. The summed E-state index contributed by atoms with van der Waals surface area (Å²) in [5.41, 5.74) is 2.82. The minimum atomic E-state index is -0.944. The molecular formula is C22H25NO4S. The number of hydrogen-bond donors (Lipinski definition) is 1. The molecule has 0 aliphatic carbocycles. The van der Waals surface area contributed by atoms with Gasteiger partial charge in [0.15, 0.2) is 6.10 Å². The molecule has 0 saturated carbocycles. The third kappa shape index (κ3) is 4.75. The fourth-order valence-electron chi connectivity index (χ4n) is 3.34. The molecule has 2 aromatic rings. The van der Waals surface area contributed by atoms with E-state index in [-0.39, 0.29) is 11.9 Å². The molecule has 0 fully saturated rings. The fourth-order valence-corrected chi connectivity index (χ4v) is 4.48. The van der Waals surface area contributed by atoms with Crippen molar-refractivity contribution in [2.75, 3.05) is 12.5 Å². The number of carboxylic acid groups (broad SMARTS) is 1. The van der Waals surface area contributed by atoms with E-state index in [1.807, 2.05) is 53.4 Å². The molecule has 2 aromatic carbocycles. The van der Waals surface area contributed by atoms with Crippen molar-refractivity contribution in [2.24, 2.45) is 0 Å². The third-order valence-electron chi connectivity index (χ3n) is 4.89. The first-order valence-electron chi connectivity index (χ1n) is 9.44. The summed E-state index contributed by atoms with van der Waals surface area (Å²) in [6.45, 7) is 4.23. The molecular weight excluding hydrogens is 374 g/mol. The summed E-state index contributed by atoms with van der Waals surface area (Å²) in [5, 5.41) is 9.21. The average molecular weight is 400 g/mol. The zero-order valence-corrected chi connectivity index (χ0v) is 16.9. The van der Waals surface area contributed by atoms with Crippen molar-refractivity contribution in [3.05, 3.63) is 65.2 Å². The first-order chi connectivity index (χ1) is 13.5. The Kier molecular flexibility index (Phi) is 6.75. The summed E-state index contributed by atoms with van der Waals surface area (Å²) in [6, 6.07) is 15.7. The standard InChI is InChI=1S/C22H25NO4S/c1-3-27-19(22(25)26)13-17-10-8-16(9-11-17)12-15(2)23-14-28-20-7-5-4-6-18(20)21(23)24/h4-11,15,19H,3,12-14H2,1-2H3,(H,25,26). The quantitative estimate of drug-likeness (QED) is 0.730. The molecule has 0 spiro atoms. The number of carbonyl (C=O) groups excluding carboxylic acids is 1. The first kappa shape index (κ1) is 20.4. The molecule has 1 N–H and O–H groups in total. The van der Waals surface area contributed by atoms with Gasteiger partial charge in [-0.05, 0) is 43.5 Å². The number of carboxylic acids is 1. The maximum atomic E-state index is 12.8. The number of hydrogen-bond acceptors (Lipinski definition) is 4. The highest BCUT2D eigenvalue weighted by Crippen LogP contribution is 2.31. The molecule has 1 heterocycles. The number of amides is 1. The van der Waals surface area contributed by atoms with Gasteiger partial charge in [-0.3, -0.25) is 4.79 Å². The van der Waals surface area contributed by atoms with Gasteiger partial charge in [0, 0.05) is 24.0 Å². The highest BCUT2D eigenvalue weighted by atomic mass is 32.2. The summed E-state index contributed by atoms with van der Waals surface area (Å²) in [5.74, 6) is -0.204. The van der Waals surface area contributed by atoms with Crippen molar-refractivity contribution in [3.8, 4) is 0 Å². The number of thioether (sulfide) groups is 1. The minimum Gasteiger partial charge on any atom is -0.479 e. The number of ether oxygens (including phenoxy) is 1. The minimum absolute atomic E-state index is 0.0781. The van der Waals surface area contributed by atoms with Crippen molar-refractivity contribution < 1.29 is 19.4 Å². The largest absolute Gasteiger partial charge is 0.479 e. The second kappa shape index (κ2) is 9.26. The number of rotatable bonds is 8. The number of nitrogens with zero attached hydrogens (tertiary/aromatic N) is 1. The van der Waals surface area contributed by atoms with Crippen LogP contribution in [0, 0.1) is 0 Å². The van der Waals surface area contributed by atoms with Crippen LogP contribution < -0.4 is 0 Å². The van der Waals surface area contributed by atoms with Crippen LogP contribution in [0.5, 0.6) is 0 Å². The Balaban J connectivity index is 1.63. The van der Waals surface area contributed by atoms with Crippen LogP contribution in [0.4, 0.5) is 0 Å². The second-order valence-corrected chi connectivity index (χ2v) is 7.89. The average Bonchev–Trinajstić information content (AvgIpc) is 2.69. The van der Waals surface area contributed by atoms with Crippen LogP contribution >= 0.6 is 11.8 Å². The Morgan fingerprint density at radius 1 is 1.14 bits per heavy atom. The van der Waals surface area contributed by atoms with Crippen molar-refractivity contribution >= 4 is 23.6 Å². The molecule has 0 bridgehead atoms. The van der Waals surface area contributed by atoms with E-state index < -0.39 is 12.1 Å². The molecule has 1 aliphatic rings. The monoisotopic (exact) mass is 399 g/mol. The Morgan fingerprint density at radius 2 is 1.79 bits per heavy atom. The molecule has 148 valence electrons. The smallest absolute Gasteiger partial charge is 0.333 e. The molecule has 0 aromatic heterocycles. The number of aliphatic carboxylic acids is 1. The van der Waals surface area contributed by atoms with Crippen LogP contribution in [0.3, 0.4) is 0 Å². The summed E-state index contributed by atoms with van der Waals surface area (Å²) in [7, 11) is 0. The van der Waals surface area contributed by atoms with Gasteiger partial charge < -0.3 is 14.7 Å². The molecule has 2 unspecified atom stereocenters. The molecule has 3 rings (SSSR count). The highest BCUT2D eigenvalue weighted by molar-refractivity contribution is 7.99. The summed E-state index contributed by atoms with van der Waals surface area (Å²) >= 11 is 1.69. The lowest BCUT2D eigenvalue weighted by Crippen LogP contribution is -2.41. The van der Waals surface area contributed by atoms with Crippen LogP contribution in [0.1, 0.15) is 35.3 Å². The van der Waals surface area contributed by atoms with Crippen molar-refractivity contribution in [1.29, 1.82) is 0 Å². The van der Waals surface area contributed by atoms with Crippen molar-refractivity contribution in [2.45, 2.75) is 43.7 Å². The molecule has 0 saturated heterocycles. The summed E-state index contributed by atoms with van der Waals surface area (Å²) < 4.78 is 5.28. The molecule has 1 amide bonds. The number of carbonyl (C=O) groups is 2. The third-order valence-corrected chi connectivity index (χ3v) is 5.96. The van der Waals surface area contributed by atoms with Gasteiger partial charge in [-0.15, -0.1) is 11.8 Å². The highest BCUT2D eigenvalue weighted by Gasteiger charge is 2.28. The topological polar surface area (TPSA) is 66.8 Å². The van der Waals surface area contributed by atoms with Crippen LogP contribution in [0.15, 0.2) is 53.4 Å². The molecule has 6 heteroatoms. The van der Waals surface area contributed by atoms with Gasteiger partial charge in [0.2, 0.25) is 0 Å². The van der Waals surface area contributed by atoms with E-state index in [2.05, 4.69) is 6.92 Å². The van der Waals surface area contributed by atoms with E-state index in [0.717, 1.165) is 28.0 Å². The summed E-state index contributed by atoms with van der Waals surface area (Å²) in [6.07, 6.45) is 0.275. The van der Waals surface area contributed by atoms with E-state index in [1.165, 1.54) is 0 Å². The van der Waals surface area contributed by atoms with E-state index in [1.54, 1.807) is 18.7 Å². The Bertz CT molecular complexity index is 837. The van der Waals surface area contributed by atoms with Gasteiger partial charge in [0.1, 0.15) is 0 Å². The van der Waals surface area contributed by atoms with Crippen molar-refractivity contribution in [3.63, 3.8) is 0 Å². The lowest BCUT2D eigenvalue weighted by molar-refractivity contribution is -0.149. The van der Waals surface area contributed by atoms with Crippen LogP contribution in [0.25, 0.3) is 0 Å². The van der Waals surface area contributed by atoms with E-state index >= 15 is 0 Å². The molecule has 2 atom stereocenters. The summed E-state index contributed by atoms with van der Waals surface area (Å²) in [4.78, 5) is 27.0. The fraction of sp³-hybridized carbons (Fsp3) is 0.364. The van der Waals surface area contributed by atoms with Crippen LogP contribution in [0.2, 0.25) is 0 Å². The molecule has 28 heavy (non-hydrogen) atoms. The maximum Gasteiger partial charge on any atom is 0.333 e. The maximum absolute atomic E-state index is 12.8. The Morgan fingerprint density at radius 3 is 2.43 bits per heavy atom. The Hall–Kier alpha value is -2.31. The zero-order valence-electron chi connectivity index (χ0n) is 16.1. The van der Waals surface area contributed by atoms with Gasteiger partial charge in [-0.2, -0.15) is 0 Å². The van der Waals surface area contributed by atoms with E-state index in [0.29, 0.717) is 18.9 Å². The van der Waals surface area contributed by atoms with Gasteiger partial charge in [0.05, 0.1) is 11.4 Å².